The molecule has 0 radical (unpaired) electrons. The van der Waals surface area contributed by atoms with Gasteiger partial charge in [0.25, 0.3) is 5.91 Å². The number of piperidine rings is 1. The lowest BCUT2D eigenvalue weighted by Crippen LogP contribution is -2.37. The van der Waals surface area contributed by atoms with Gasteiger partial charge in [0.05, 0.1) is 4.88 Å². The van der Waals surface area contributed by atoms with Crippen LogP contribution in [-0.2, 0) is 0 Å². The van der Waals surface area contributed by atoms with Gasteiger partial charge in [-0.2, -0.15) is 5.10 Å². The van der Waals surface area contributed by atoms with Crippen LogP contribution >= 0.6 is 11.3 Å². The fraction of sp³-hybridized carbons (Fsp3) is 0.294. The second-order valence-electron chi connectivity index (χ2n) is 5.82. The highest BCUT2D eigenvalue weighted by molar-refractivity contribution is 7.12. The lowest BCUT2D eigenvalue weighted by Gasteiger charge is -2.30. The van der Waals surface area contributed by atoms with E-state index in [9.17, 15) is 4.79 Å². The quantitative estimate of drug-likeness (QED) is 0.796. The van der Waals surface area contributed by atoms with E-state index in [1.807, 2.05) is 34.5 Å². The van der Waals surface area contributed by atoms with Crippen molar-refractivity contribution in [2.45, 2.75) is 18.8 Å². The lowest BCUT2D eigenvalue weighted by atomic mass is 9.96. The molecule has 6 nitrogen and oxygen atoms in total. The largest absolute Gasteiger partial charge is 0.338 e. The van der Waals surface area contributed by atoms with E-state index < -0.39 is 0 Å². The van der Waals surface area contributed by atoms with Crippen molar-refractivity contribution in [3.05, 3.63) is 52.7 Å². The third-order valence-electron chi connectivity index (χ3n) is 4.34. The van der Waals surface area contributed by atoms with Crippen LogP contribution in [0.3, 0.4) is 0 Å². The van der Waals surface area contributed by atoms with Crippen molar-refractivity contribution in [2.75, 3.05) is 13.1 Å². The summed E-state index contributed by atoms with van der Waals surface area (Å²) in [6.45, 7) is 1.51. The Labute approximate surface area is 143 Å². The van der Waals surface area contributed by atoms with E-state index in [2.05, 4.69) is 20.2 Å². The van der Waals surface area contributed by atoms with E-state index in [-0.39, 0.29) is 5.91 Å². The molecular weight excluding hydrogens is 322 g/mol. The number of nitrogens with one attached hydrogen (secondary N) is 1. The topological polar surface area (TPSA) is 74.8 Å². The summed E-state index contributed by atoms with van der Waals surface area (Å²) < 4.78 is 0. The Hall–Kier alpha value is -2.54. The minimum absolute atomic E-state index is 0.137. The number of pyridine rings is 1. The molecule has 0 saturated carbocycles. The second-order valence-corrected chi connectivity index (χ2v) is 6.77. The van der Waals surface area contributed by atoms with E-state index in [4.69, 9.17) is 0 Å². The number of carbonyl (C=O) groups excluding carboxylic acids is 1. The number of likely N-dealkylation sites (tertiary alicyclic amines) is 1. The predicted octanol–water partition coefficient (Wildman–Crippen LogP) is 2.95. The molecule has 0 bridgehead atoms. The molecule has 1 aliphatic heterocycles. The number of H-pyrrole nitrogens is 1. The van der Waals surface area contributed by atoms with Crippen molar-refractivity contribution in [3.63, 3.8) is 0 Å². The maximum absolute atomic E-state index is 12.4. The van der Waals surface area contributed by atoms with Gasteiger partial charge in [-0.25, -0.2) is 4.98 Å². The van der Waals surface area contributed by atoms with Gasteiger partial charge in [-0.1, -0.05) is 6.07 Å². The molecular formula is C17H17N5OS. The van der Waals surface area contributed by atoms with Crippen LogP contribution in [0, 0.1) is 0 Å². The molecule has 7 heteroatoms. The molecule has 1 N–H and O–H groups in total. The maximum atomic E-state index is 12.4. The van der Waals surface area contributed by atoms with E-state index in [1.54, 1.807) is 12.4 Å². The van der Waals surface area contributed by atoms with Crippen LogP contribution in [0.15, 0.2) is 42.0 Å². The first-order chi connectivity index (χ1) is 11.8. The summed E-state index contributed by atoms with van der Waals surface area (Å²) in [6.07, 6.45) is 5.28. The molecule has 4 heterocycles. The Bertz CT molecular complexity index is 807. The molecule has 0 atom stereocenters. The number of aromatic amines is 1. The number of rotatable bonds is 3. The molecule has 1 fully saturated rings. The molecule has 122 valence electrons. The molecule has 4 rings (SSSR count). The van der Waals surface area contributed by atoms with Crippen LogP contribution in [0.1, 0.15) is 34.3 Å². The van der Waals surface area contributed by atoms with Gasteiger partial charge < -0.3 is 4.90 Å². The first-order valence-corrected chi connectivity index (χ1v) is 8.85. The number of hydrogen-bond acceptors (Lipinski definition) is 5. The summed E-state index contributed by atoms with van der Waals surface area (Å²) in [6, 6.07) is 7.60. The normalized spacial score (nSPS) is 15.6. The van der Waals surface area contributed by atoms with Gasteiger partial charge in [-0.15, -0.1) is 11.3 Å². The highest BCUT2D eigenvalue weighted by Crippen LogP contribution is 2.28. The molecule has 3 aromatic rings. The van der Waals surface area contributed by atoms with Crippen LogP contribution in [0.25, 0.3) is 11.4 Å². The molecule has 24 heavy (non-hydrogen) atoms. The summed E-state index contributed by atoms with van der Waals surface area (Å²) >= 11 is 1.50. The number of aromatic nitrogens is 4. The Morgan fingerprint density at radius 3 is 2.71 bits per heavy atom. The van der Waals surface area contributed by atoms with Crippen LogP contribution < -0.4 is 0 Å². The first-order valence-electron chi connectivity index (χ1n) is 7.97. The molecule has 3 aromatic heterocycles. The SMILES string of the molecule is O=C(c1cccs1)N1CCC(c2nc(-c3ccncc3)n[nH]2)CC1. The van der Waals surface area contributed by atoms with Gasteiger partial charge in [0.15, 0.2) is 5.82 Å². The van der Waals surface area contributed by atoms with Gasteiger partial charge in [-0.3, -0.25) is 14.9 Å². The number of nitrogens with zero attached hydrogens (tertiary/aromatic N) is 4. The predicted molar refractivity (Wildman–Crippen MR) is 91.8 cm³/mol. The average Bonchev–Trinajstić information content (AvgIpc) is 3.34. The summed E-state index contributed by atoms with van der Waals surface area (Å²) in [5, 5.41) is 9.32. The Kier molecular flexibility index (Phi) is 4.08. The standard InChI is InChI=1S/C17H17N5OS/c23-17(14-2-1-11-24-14)22-9-5-13(6-10-22)16-19-15(20-21-16)12-3-7-18-8-4-12/h1-4,7-8,11,13H,5-6,9-10H2,(H,19,20,21). The van der Waals surface area contributed by atoms with Crippen molar-refractivity contribution in [1.29, 1.82) is 0 Å². The van der Waals surface area contributed by atoms with Gasteiger partial charge >= 0.3 is 0 Å². The first kappa shape index (κ1) is 15.0. The molecule has 1 saturated heterocycles. The molecule has 0 aromatic carbocycles. The maximum Gasteiger partial charge on any atom is 0.263 e. The third-order valence-corrected chi connectivity index (χ3v) is 5.20. The van der Waals surface area contributed by atoms with Crippen LogP contribution in [0.5, 0.6) is 0 Å². The van der Waals surface area contributed by atoms with Gasteiger partial charge in [0, 0.05) is 37.0 Å². The van der Waals surface area contributed by atoms with E-state index in [0.717, 1.165) is 42.2 Å². The van der Waals surface area contributed by atoms with Crippen molar-refractivity contribution in [1.82, 2.24) is 25.1 Å². The Balaban J connectivity index is 1.41. The smallest absolute Gasteiger partial charge is 0.263 e. The van der Waals surface area contributed by atoms with Crippen LogP contribution in [0.2, 0.25) is 0 Å². The monoisotopic (exact) mass is 339 g/mol. The van der Waals surface area contributed by atoms with Crippen molar-refractivity contribution in [2.24, 2.45) is 0 Å². The fourth-order valence-corrected chi connectivity index (χ4v) is 3.69. The summed E-state index contributed by atoms with van der Waals surface area (Å²) in [5.41, 5.74) is 0.956. The number of amides is 1. The number of carbonyl (C=O) groups is 1. The minimum atomic E-state index is 0.137. The Morgan fingerprint density at radius 1 is 1.21 bits per heavy atom. The van der Waals surface area contributed by atoms with E-state index in [0.29, 0.717) is 11.7 Å². The van der Waals surface area contributed by atoms with Crippen molar-refractivity contribution >= 4 is 17.2 Å². The van der Waals surface area contributed by atoms with Gasteiger partial charge in [0.2, 0.25) is 0 Å². The summed E-state index contributed by atoms with van der Waals surface area (Å²) in [4.78, 5) is 23.8. The molecule has 0 aliphatic carbocycles. The average molecular weight is 339 g/mol. The molecule has 1 aliphatic rings. The lowest BCUT2D eigenvalue weighted by molar-refractivity contribution is 0.0716. The second kappa shape index (κ2) is 6.52. The fourth-order valence-electron chi connectivity index (χ4n) is 3.00. The van der Waals surface area contributed by atoms with E-state index in [1.165, 1.54) is 11.3 Å². The number of hydrogen-bond donors (Lipinski definition) is 1. The summed E-state index contributed by atoms with van der Waals surface area (Å²) in [5.74, 6) is 2.06. The van der Waals surface area contributed by atoms with Gasteiger partial charge in [-0.05, 0) is 36.4 Å². The minimum Gasteiger partial charge on any atom is -0.338 e. The van der Waals surface area contributed by atoms with Crippen molar-refractivity contribution < 1.29 is 4.79 Å². The zero-order valence-corrected chi connectivity index (χ0v) is 13.9. The van der Waals surface area contributed by atoms with Crippen molar-refractivity contribution in [3.8, 4) is 11.4 Å². The van der Waals surface area contributed by atoms with E-state index >= 15 is 0 Å². The molecule has 0 spiro atoms. The highest BCUT2D eigenvalue weighted by Gasteiger charge is 2.27. The zero-order chi connectivity index (χ0) is 16.4. The molecule has 1 amide bonds. The van der Waals surface area contributed by atoms with Gasteiger partial charge in [0.1, 0.15) is 5.82 Å². The Morgan fingerprint density at radius 2 is 2.00 bits per heavy atom. The van der Waals surface area contributed by atoms with Crippen LogP contribution in [0.4, 0.5) is 0 Å². The zero-order valence-electron chi connectivity index (χ0n) is 13.1. The van der Waals surface area contributed by atoms with Crippen LogP contribution in [-0.4, -0.2) is 44.1 Å². The number of thiophene rings is 1. The third kappa shape index (κ3) is 2.94. The highest BCUT2D eigenvalue weighted by atomic mass is 32.1. The summed E-state index contributed by atoms with van der Waals surface area (Å²) in [7, 11) is 0. The molecule has 0 unspecified atom stereocenters.